The number of rotatable bonds is 4. The molecular weight excluding hydrogens is 300 g/mol. The molecule has 0 saturated carbocycles. The molecule has 7 heteroatoms. The molecule has 2 rings (SSSR count). The Bertz CT molecular complexity index is 776. The van der Waals surface area contributed by atoms with Crippen LogP contribution in [-0.4, -0.2) is 15.5 Å². The Morgan fingerprint density at radius 2 is 1.81 bits per heavy atom. The Morgan fingerprint density at radius 3 is 2.43 bits per heavy atom. The predicted molar refractivity (Wildman–Crippen MR) is 74.9 cm³/mol. The van der Waals surface area contributed by atoms with Crippen LogP contribution < -0.4 is 9.46 Å². The molecule has 0 radical (unpaired) electrons. The molecule has 2 aromatic rings. The third kappa shape index (κ3) is 3.30. The molecule has 0 heterocycles. The zero-order valence-electron chi connectivity index (χ0n) is 11.4. The Labute approximate surface area is 121 Å². The van der Waals surface area contributed by atoms with Gasteiger partial charge in [-0.3, -0.25) is 4.72 Å². The van der Waals surface area contributed by atoms with Crippen molar-refractivity contribution in [3.05, 3.63) is 53.6 Å². The van der Waals surface area contributed by atoms with Gasteiger partial charge in [0.15, 0.2) is 0 Å². The summed E-state index contributed by atoms with van der Waals surface area (Å²) >= 11 is 0. The van der Waals surface area contributed by atoms with Crippen LogP contribution in [0.3, 0.4) is 0 Å². The quantitative estimate of drug-likeness (QED) is 0.944. The van der Waals surface area contributed by atoms with E-state index < -0.39 is 21.7 Å². The van der Waals surface area contributed by atoms with E-state index in [1.807, 2.05) is 0 Å². The molecular formula is C14H13F2NO3S. The van der Waals surface area contributed by atoms with Crippen LogP contribution >= 0.6 is 0 Å². The zero-order chi connectivity index (χ0) is 15.6. The monoisotopic (exact) mass is 313 g/mol. The van der Waals surface area contributed by atoms with Gasteiger partial charge in [-0.2, -0.15) is 0 Å². The van der Waals surface area contributed by atoms with Crippen LogP contribution in [0.25, 0.3) is 0 Å². The van der Waals surface area contributed by atoms with E-state index in [4.69, 9.17) is 4.74 Å². The first-order chi connectivity index (χ1) is 9.83. The topological polar surface area (TPSA) is 55.4 Å². The molecule has 0 aliphatic rings. The number of halogens is 2. The molecule has 112 valence electrons. The summed E-state index contributed by atoms with van der Waals surface area (Å²) in [6.07, 6.45) is 0. The minimum atomic E-state index is -3.97. The number of ether oxygens (including phenoxy) is 1. The largest absolute Gasteiger partial charge is 0.495 e. The zero-order valence-corrected chi connectivity index (χ0v) is 12.2. The van der Waals surface area contributed by atoms with E-state index in [0.29, 0.717) is 0 Å². The molecule has 0 atom stereocenters. The van der Waals surface area contributed by atoms with Gasteiger partial charge in [-0.15, -0.1) is 0 Å². The molecule has 4 nitrogen and oxygen atoms in total. The molecule has 0 unspecified atom stereocenters. The van der Waals surface area contributed by atoms with Gasteiger partial charge < -0.3 is 4.74 Å². The molecule has 0 fully saturated rings. The second-order valence-corrected chi connectivity index (χ2v) is 6.04. The molecule has 0 bridgehead atoms. The van der Waals surface area contributed by atoms with Crippen molar-refractivity contribution in [2.75, 3.05) is 11.8 Å². The highest BCUT2D eigenvalue weighted by atomic mass is 32.2. The predicted octanol–water partition coefficient (Wildman–Crippen LogP) is 3.08. The van der Waals surface area contributed by atoms with E-state index in [-0.39, 0.29) is 21.9 Å². The van der Waals surface area contributed by atoms with Crippen molar-refractivity contribution < 1.29 is 21.9 Å². The number of benzene rings is 2. The van der Waals surface area contributed by atoms with Crippen LogP contribution in [0.4, 0.5) is 14.5 Å². The Kier molecular flexibility index (Phi) is 4.13. The normalized spacial score (nSPS) is 11.2. The van der Waals surface area contributed by atoms with Gasteiger partial charge in [-0.25, -0.2) is 17.2 Å². The molecule has 0 aliphatic heterocycles. The van der Waals surface area contributed by atoms with E-state index in [0.717, 1.165) is 24.3 Å². The fraction of sp³-hybridized carbons (Fsp3) is 0.143. The van der Waals surface area contributed by atoms with E-state index in [1.54, 1.807) is 0 Å². The molecule has 21 heavy (non-hydrogen) atoms. The van der Waals surface area contributed by atoms with Crippen LogP contribution in [0.2, 0.25) is 0 Å². The molecule has 0 amide bonds. The van der Waals surface area contributed by atoms with E-state index in [1.165, 1.54) is 26.2 Å². The average molecular weight is 313 g/mol. The van der Waals surface area contributed by atoms with Crippen molar-refractivity contribution in [2.24, 2.45) is 0 Å². The van der Waals surface area contributed by atoms with Crippen LogP contribution in [0.1, 0.15) is 5.56 Å². The Hall–Kier alpha value is -2.15. The van der Waals surface area contributed by atoms with Crippen LogP contribution in [0, 0.1) is 18.6 Å². The lowest BCUT2D eigenvalue weighted by Gasteiger charge is -2.12. The number of aryl methyl sites for hydroxylation is 1. The first kappa shape index (κ1) is 15.2. The van der Waals surface area contributed by atoms with Crippen LogP contribution in [0.5, 0.6) is 5.75 Å². The highest BCUT2D eigenvalue weighted by Gasteiger charge is 2.18. The Balaban J connectivity index is 2.41. The van der Waals surface area contributed by atoms with Gasteiger partial charge in [-0.1, -0.05) is 0 Å². The second kappa shape index (κ2) is 5.69. The smallest absolute Gasteiger partial charge is 0.262 e. The summed E-state index contributed by atoms with van der Waals surface area (Å²) in [4.78, 5) is -0.118. The molecule has 1 N–H and O–H groups in total. The van der Waals surface area contributed by atoms with E-state index in [9.17, 15) is 17.2 Å². The van der Waals surface area contributed by atoms with Crippen molar-refractivity contribution in [3.8, 4) is 5.75 Å². The third-order valence-corrected chi connectivity index (χ3v) is 4.21. The maximum absolute atomic E-state index is 13.2. The van der Waals surface area contributed by atoms with Crippen molar-refractivity contribution in [1.29, 1.82) is 0 Å². The summed E-state index contributed by atoms with van der Waals surface area (Å²) in [7, 11) is -2.62. The minimum Gasteiger partial charge on any atom is -0.495 e. The average Bonchev–Trinajstić information content (AvgIpc) is 2.41. The van der Waals surface area contributed by atoms with Gasteiger partial charge in [0.05, 0.1) is 17.7 Å². The molecule has 2 aromatic carbocycles. The van der Waals surface area contributed by atoms with Crippen LogP contribution in [0.15, 0.2) is 41.3 Å². The van der Waals surface area contributed by atoms with Gasteiger partial charge in [0.2, 0.25) is 0 Å². The number of anilines is 1. The number of nitrogens with one attached hydrogen (secondary N) is 1. The lowest BCUT2D eigenvalue weighted by molar-refractivity contribution is 0.416. The van der Waals surface area contributed by atoms with Crippen LogP contribution in [-0.2, 0) is 10.0 Å². The van der Waals surface area contributed by atoms with E-state index in [2.05, 4.69) is 4.72 Å². The fourth-order valence-corrected chi connectivity index (χ4v) is 2.89. The first-order valence-corrected chi connectivity index (χ1v) is 7.44. The van der Waals surface area contributed by atoms with Gasteiger partial charge in [-0.05, 0) is 42.8 Å². The minimum absolute atomic E-state index is 0.0283. The summed E-state index contributed by atoms with van der Waals surface area (Å²) in [5.41, 5.74) is 0.170. The lowest BCUT2D eigenvalue weighted by Crippen LogP contribution is -2.14. The van der Waals surface area contributed by atoms with Crippen molar-refractivity contribution >= 4 is 15.7 Å². The third-order valence-electron chi connectivity index (χ3n) is 2.85. The first-order valence-electron chi connectivity index (χ1n) is 5.96. The van der Waals surface area contributed by atoms with Gasteiger partial charge in [0.1, 0.15) is 17.4 Å². The number of hydrogen-bond donors (Lipinski definition) is 1. The van der Waals surface area contributed by atoms with Gasteiger partial charge in [0.25, 0.3) is 10.0 Å². The Morgan fingerprint density at radius 1 is 1.10 bits per heavy atom. The van der Waals surface area contributed by atoms with Crippen molar-refractivity contribution in [2.45, 2.75) is 11.8 Å². The molecule has 0 aliphatic carbocycles. The highest BCUT2D eigenvalue weighted by Crippen LogP contribution is 2.27. The number of sulfonamides is 1. The summed E-state index contributed by atoms with van der Waals surface area (Å²) < 4.78 is 58.1. The summed E-state index contributed by atoms with van der Waals surface area (Å²) in [5, 5.41) is 0. The maximum Gasteiger partial charge on any atom is 0.262 e. The molecule has 0 saturated heterocycles. The fourth-order valence-electron chi connectivity index (χ4n) is 1.75. The molecule has 0 spiro atoms. The lowest BCUT2D eigenvalue weighted by atomic mass is 10.2. The summed E-state index contributed by atoms with van der Waals surface area (Å²) in [5.74, 6) is -0.931. The molecule has 0 aromatic heterocycles. The van der Waals surface area contributed by atoms with Gasteiger partial charge >= 0.3 is 0 Å². The summed E-state index contributed by atoms with van der Waals surface area (Å²) in [6, 6.07) is 6.86. The maximum atomic E-state index is 13.2. The number of hydrogen-bond acceptors (Lipinski definition) is 3. The van der Waals surface area contributed by atoms with Gasteiger partial charge in [0, 0.05) is 6.07 Å². The SMILES string of the molecule is COc1ccc(F)cc1NS(=O)(=O)c1ccc(F)c(C)c1. The standard InChI is InChI=1S/C14H13F2NO3S/c1-9-7-11(4-5-12(9)16)21(18,19)17-13-8-10(15)3-6-14(13)20-2/h3-8,17H,1-2H3. The van der Waals surface area contributed by atoms with E-state index >= 15 is 0 Å². The summed E-state index contributed by atoms with van der Waals surface area (Å²) in [6.45, 7) is 1.46. The van der Waals surface area contributed by atoms with Crippen molar-refractivity contribution in [1.82, 2.24) is 0 Å². The number of methoxy groups -OCH3 is 1. The second-order valence-electron chi connectivity index (χ2n) is 4.36. The highest BCUT2D eigenvalue weighted by molar-refractivity contribution is 7.92. The van der Waals surface area contributed by atoms with Crippen molar-refractivity contribution in [3.63, 3.8) is 0 Å².